The number of H-pyrrole nitrogens is 1. The summed E-state index contributed by atoms with van der Waals surface area (Å²) in [6.07, 6.45) is 0.983. The molecule has 4 rings (SSSR count). The Morgan fingerprint density at radius 1 is 1.40 bits per heavy atom. The minimum atomic E-state index is -0.683. The summed E-state index contributed by atoms with van der Waals surface area (Å²) in [5.74, 6) is -0.0510. The van der Waals surface area contributed by atoms with Crippen LogP contribution >= 0.6 is 11.3 Å². The third-order valence-corrected chi connectivity index (χ3v) is 5.87. The van der Waals surface area contributed by atoms with E-state index in [-0.39, 0.29) is 5.56 Å². The van der Waals surface area contributed by atoms with Crippen molar-refractivity contribution >= 4 is 28.3 Å². The van der Waals surface area contributed by atoms with Gasteiger partial charge in [0.1, 0.15) is 17.2 Å². The summed E-state index contributed by atoms with van der Waals surface area (Å²) in [7, 11) is 0. The van der Waals surface area contributed by atoms with Crippen LogP contribution in [0.15, 0.2) is 18.2 Å². The number of carbonyl (C=O) groups is 1. The Bertz CT molecular complexity index is 975. The van der Waals surface area contributed by atoms with E-state index in [4.69, 9.17) is 5.73 Å². The molecule has 0 spiro atoms. The summed E-state index contributed by atoms with van der Waals surface area (Å²) in [5, 5.41) is 3.57. The third-order valence-electron chi connectivity index (χ3n) is 4.60. The molecule has 0 bridgehead atoms. The highest BCUT2D eigenvalue weighted by Gasteiger charge is 2.26. The average Bonchev–Trinajstić information content (AvgIpc) is 3.16. The van der Waals surface area contributed by atoms with Crippen molar-refractivity contribution in [2.24, 2.45) is 11.7 Å². The number of benzene rings is 1. The number of primary amides is 1. The van der Waals surface area contributed by atoms with E-state index in [1.54, 1.807) is 11.3 Å². The van der Waals surface area contributed by atoms with E-state index in [2.05, 4.69) is 35.2 Å². The number of nitrogens with zero attached hydrogens (tertiary/aromatic N) is 1. The van der Waals surface area contributed by atoms with Crippen LogP contribution in [0.4, 0.5) is 4.39 Å². The normalized spacial score (nSPS) is 17.2. The zero-order valence-corrected chi connectivity index (χ0v) is 14.8. The monoisotopic (exact) mass is 358 g/mol. The number of aromatic amines is 1. The molecule has 1 atom stereocenters. The molecule has 0 saturated heterocycles. The van der Waals surface area contributed by atoms with Gasteiger partial charge in [-0.15, -0.1) is 11.3 Å². The van der Waals surface area contributed by atoms with Crippen molar-refractivity contribution in [1.82, 2.24) is 15.3 Å². The van der Waals surface area contributed by atoms with Crippen molar-refractivity contribution in [3.8, 4) is 10.7 Å². The fourth-order valence-electron chi connectivity index (χ4n) is 3.40. The molecule has 130 valence electrons. The van der Waals surface area contributed by atoms with Gasteiger partial charge in [0.2, 0.25) is 0 Å². The summed E-state index contributed by atoms with van der Waals surface area (Å²) < 4.78 is 13.7. The molecule has 1 aliphatic rings. The van der Waals surface area contributed by atoms with Crippen LogP contribution in [0.3, 0.4) is 0 Å². The molecule has 1 amide bonds. The predicted octanol–water partition coefficient (Wildman–Crippen LogP) is 3.37. The van der Waals surface area contributed by atoms with Crippen molar-refractivity contribution in [1.29, 1.82) is 0 Å². The lowest BCUT2D eigenvalue weighted by Gasteiger charge is -2.26. The fraction of sp³-hybridized carbons (Fsp3) is 0.333. The Morgan fingerprint density at radius 2 is 2.20 bits per heavy atom. The maximum absolute atomic E-state index is 13.7. The summed E-state index contributed by atoms with van der Waals surface area (Å²) in [5.41, 5.74) is 7.68. The van der Waals surface area contributed by atoms with Gasteiger partial charge in [-0.25, -0.2) is 9.37 Å². The number of rotatable bonds is 3. The molecule has 3 aromatic rings. The van der Waals surface area contributed by atoms with Crippen LogP contribution in [-0.4, -0.2) is 22.4 Å². The van der Waals surface area contributed by atoms with Gasteiger partial charge in [0, 0.05) is 10.9 Å². The van der Waals surface area contributed by atoms with Crippen molar-refractivity contribution in [2.75, 3.05) is 6.54 Å². The number of nitrogens with two attached hydrogens (primary N) is 1. The minimum absolute atomic E-state index is 0.0977. The summed E-state index contributed by atoms with van der Waals surface area (Å²) in [6.45, 7) is 5.37. The highest BCUT2D eigenvalue weighted by molar-refractivity contribution is 7.15. The maximum atomic E-state index is 13.7. The molecule has 1 aliphatic heterocycles. The van der Waals surface area contributed by atoms with Gasteiger partial charge in [0.15, 0.2) is 0 Å². The molecule has 4 N–H and O–H groups in total. The molecular formula is C18H19FN4OS. The largest absolute Gasteiger partial charge is 0.366 e. The number of aromatic nitrogens is 2. The molecule has 3 heterocycles. The van der Waals surface area contributed by atoms with Crippen LogP contribution in [0.25, 0.3) is 21.7 Å². The van der Waals surface area contributed by atoms with Gasteiger partial charge in [-0.2, -0.15) is 0 Å². The first-order chi connectivity index (χ1) is 11.9. The van der Waals surface area contributed by atoms with E-state index in [0.29, 0.717) is 28.8 Å². The SMILES string of the molecule is CC(C)C1NCCc2cc(-c3nc4c(C(N)=O)cc(F)cc4[nH]3)sc21. The van der Waals surface area contributed by atoms with Crippen LogP contribution in [0.1, 0.15) is 40.7 Å². The summed E-state index contributed by atoms with van der Waals surface area (Å²) in [4.78, 5) is 21.6. The second-order valence-corrected chi connectivity index (χ2v) is 7.81. The lowest BCUT2D eigenvalue weighted by molar-refractivity contribution is 0.100. The van der Waals surface area contributed by atoms with Gasteiger partial charge in [0.05, 0.1) is 16.0 Å². The van der Waals surface area contributed by atoms with E-state index in [9.17, 15) is 9.18 Å². The number of carbonyl (C=O) groups excluding carboxylic acids is 1. The van der Waals surface area contributed by atoms with Crippen molar-refractivity contribution < 1.29 is 9.18 Å². The van der Waals surface area contributed by atoms with Gasteiger partial charge in [-0.05, 0) is 42.6 Å². The molecule has 1 unspecified atom stereocenters. The van der Waals surface area contributed by atoms with Crippen molar-refractivity contribution in [3.63, 3.8) is 0 Å². The van der Waals surface area contributed by atoms with Crippen LogP contribution in [-0.2, 0) is 6.42 Å². The zero-order valence-electron chi connectivity index (χ0n) is 14.0. The minimum Gasteiger partial charge on any atom is -0.366 e. The first-order valence-electron chi connectivity index (χ1n) is 8.29. The number of imidazole rings is 1. The number of nitrogens with one attached hydrogen (secondary N) is 2. The first kappa shape index (κ1) is 16.2. The second kappa shape index (κ2) is 5.93. The Kier molecular flexibility index (Phi) is 3.85. The highest BCUT2D eigenvalue weighted by atomic mass is 32.1. The smallest absolute Gasteiger partial charge is 0.251 e. The molecule has 5 nitrogen and oxygen atoms in total. The van der Waals surface area contributed by atoms with Crippen LogP contribution in [0.2, 0.25) is 0 Å². The molecule has 1 aromatic carbocycles. The van der Waals surface area contributed by atoms with E-state index in [0.717, 1.165) is 23.9 Å². The number of hydrogen-bond acceptors (Lipinski definition) is 4. The predicted molar refractivity (Wildman–Crippen MR) is 97.2 cm³/mol. The van der Waals surface area contributed by atoms with E-state index < -0.39 is 11.7 Å². The molecular weight excluding hydrogens is 339 g/mol. The fourth-order valence-corrected chi connectivity index (χ4v) is 4.80. The molecule has 0 radical (unpaired) electrons. The highest BCUT2D eigenvalue weighted by Crippen LogP contribution is 2.39. The quantitative estimate of drug-likeness (QED) is 0.671. The van der Waals surface area contributed by atoms with E-state index >= 15 is 0 Å². The second-order valence-electron chi connectivity index (χ2n) is 6.73. The molecule has 7 heteroatoms. The molecule has 0 saturated carbocycles. The number of halogens is 1. The number of fused-ring (bicyclic) bond motifs is 2. The molecule has 2 aromatic heterocycles. The molecule has 0 aliphatic carbocycles. The topological polar surface area (TPSA) is 83.8 Å². The Hall–Kier alpha value is -2.25. The van der Waals surface area contributed by atoms with Gasteiger partial charge in [-0.1, -0.05) is 13.8 Å². The van der Waals surface area contributed by atoms with Gasteiger partial charge >= 0.3 is 0 Å². The van der Waals surface area contributed by atoms with Crippen molar-refractivity contribution in [2.45, 2.75) is 26.3 Å². The van der Waals surface area contributed by atoms with Gasteiger partial charge in [-0.3, -0.25) is 4.79 Å². The third kappa shape index (κ3) is 2.73. The number of hydrogen-bond donors (Lipinski definition) is 3. The van der Waals surface area contributed by atoms with E-state index in [1.165, 1.54) is 16.5 Å². The standard InChI is InChI=1S/C18H19FN4OS/c1-8(2)14-16-9(3-4-21-14)5-13(25-16)18-22-12-7-10(19)6-11(17(20)24)15(12)23-18/h5-8,14,21H,3-4H2,1-2H3,(H2,20,24)(H,22,23). The Morgan fingerprint density at radius 3 is 2.92 bits per heavy atom. The number of amides is 1. The molecule has 0 fully saturated rings. The first-order valence-corrected chi connectivity index (χ1v) is 9.11. The van der Waals surface area contributed by atoms with Gasteiger partial charge in [0.25, 0.3) is 5.91 Å². The summed E-state index contributed by atoms with van der Waals surface area (Å²) >= 11 is 1.69. The lowest BCUT2D eigenvalue weighted by atomic mass is 9.95. The van der Waals surface area contributed by atoms with Crippen LogP contribution in [0, 0.1) is 11.7 Å². The average molecular weight is 358 g/mol. The Labute approximate surface area is 148 Å². The molecule has 25 heavy (non-hydrogen) atoms. The van der Waals surface area contributed by atoms with Gasteiger partial charge < -0.3 is 16.0 Å². The maximum Gasteiger partial charge on any atom is 0.251 e. The Balaban J connectivity index is 1.83. The van der Waals surface area contributed by atoms with E-state index in [1.807, 2.05) is 0 Å². The lowest BCUT2D eigenvalue weighted by Crippen LogP contribution is -2.31. The van der Waals surface area contributed by atoms with Crippen LogP contribution in [0.5, 0.6) is 0 Å². The zero-order chi connectivity index (χ0) is 17.7. The van der Waals surface area contributed by atoms with Crippen LogP contribution < -0.4 is 11.1 Å². The number of thiophene rings is 1. The summed E-state index contributed by atoms with van der Waals surface area (Å²) in [6, 6.07) is 4.96. The van der Waals surface area contributed by atoms with Crippen molar-refractivity contribution in [3.05, 3.63) is 40.0 Å².